The lowest BCUT2D eigenvalue weighted by Gasteiger charge is -2.54. The van der Waals surface area contributed by atoms with E-state index in [-0.39, 0.29) is 20.4 Å². The Labute approximate surface area is 550 Å². The molecular formula is C85H57B3N6. The van der Waals surface area contributed by atoms with E-state index in [0.717, 1.165) is 34.1 Å². The molecule has 94 heavy (non-hydrogen) atoms. The first-order chi connectivity index (χ1) is 47.2. The van der Waals surface area contributed by atoms with Crippen LogP contribution in [-0.4, -0.2) is 20.4 Å². The molecule has 0 N–H and O–H groups in total. The topological polar surface area (TPSA) is 19.4 Å². The molecule has 0 aliphatic carbocycles. The van der Waals surface area contributed by atoms with E-state index < -0.39 is 0 Å². The summed E-state index contributed by atoms with van der Waals surface area (Å²) in [5, 5.41) is 0. The molecule has 8 aliphatic heterocycles. The lowest BCUT2D eigenvalue weighted by atomic mass is 9.29. The molecule has 0 atom stereocenters. The van der Waals surface area contributed by atoms with Crippen LogP contribution in [0, 0.1) is 0 Å². The van der Waals surface area contributed by atoms with E-state index in [4.69, 9.17) is 1.37 Å². The zero-order chi connectivity index (χ0) is 62.6. The number of hydrogen-bond acceptors (Lipinski definition) is 6. The van der Waals surface area contributed by atoms with E-state index >= 15 is 0 Å². The predicted octanol–water partition coefficient (Wildman–Crippen LogP) is 17.5. The van der Waals surface area contributed by atoms with Crippen molar-refractivity contribution in [2.24, 2.45) is 0 Å². The minimum atomic E-state index is 0.0500. The molecule has 436 valence electrons. The van der Waals surface area contributed by atoms with Crippen LogP contribution < -0.4 is 67.5 Å². The highest BCUT2D eigenvalue weighted by atomic mass is 15.2. The maximum Gasteiger partial charge on any atom is 0.329 e. The van der Waals surface area contributed by atoms with Crippen molar-refractivity contribution in [3.8, 4) is 44.5 Å². The lowest BCUT2D eigenvalue weighted by molar-refractivity contribution is 1.23. The largest absolute Gasteiger partial charge is 0.377 e. The number of benzene rings is 14. The molecule has 0 saturated carbocycles. The second-order valence-corrected chi connectivity index (χ2v) is 25.4. The minimum Gasteiger partial charge on any atom is -0.377 e. The van der Waals surface area contributed by atoms with Gasteiger partial charge >= 0.3 is 13.7 Å². The van der Waals surface area contributed by atoms with Gasteiger partial charge in [-0.25, -0.2) is 0 Å². The molecule has 0 aromatic heterocycles. The Hall–Kier alpha value is -11.9. The van der Waals surface area contributed by atoms with Crippen LogP contribution in [0.3, 0.4) is 0 Å². The van der Waals surface area contributed by atoms with Gasteiger partial charge in [0, 0.05) is 115 Å². The summed E-state index contributed by atoms with van der Waals surface area (Å²) >= 11 is 0. The van der Waals surface area contributed by atoms with Gasteiger partial charge in [-0.2, -0.15) is 0 Å². The summed E-state index contributed by atoms with van der Waals surface area (Å²) in [6.07, 6.45) is 0. The van der Waals surface area contributed by atoms with Crippen molar-refractivity contribution in [2.75, 3.05) is 29.2 Å². The molecule has 0 radical (unpaired) electrons. The fraction of sp³-hybridized carbons (Fsp3) is 0.0118. The molecule has 6 nitrogen and oxygen atoms in total. The van der Waals surface area contributed by atoms with Gasteiger partial charge < -0.3 is 29.2 Å². The highest BCUT2D eigenvalue weighted by molar-refractivity contribution is 7.05. The smallest absolute Gasteiger partial charge is 0.329 e. The Morgan fingerprint density at radius 2 is 0.521 bits per heavy atom. The monoisotopic (exact) mass is 1200 g/mol. The molecule has 6 bridgehead atoms. The number of anilines is 16. The van der Waals surface area contributed by atoms with Crippen molar-refractivity contribution in [1.82, 2.24) is 0 Å². The second-order valence-electron chi connectivity index (χ2n) is 25.4. The van der Waals surface area contributed by atoms with Gasteiger partial charge in [0.1, 0.15) is 0 Å². The normalized spacial score (nSPS) is 14.0. The van der Waals surface area contributed by atoms with Crippen LogP contribution in [0.1, 0.15) is 8.77 Å². The number of nitrogens with zero attached hydrogens (tertiary/aromatic N) is 6. The van der Waals surface area contributed by atoms with Gasteiger partial charge in [0.25, 0.3) is 6.71 Å². The van der Waals surface area contributed by atoms with Crippen molar-refractivity contribution in [1.29, 1.82) is 0 Å². The van der Waals surface area contributed by atoms with Crippen molar-refractivity contribution >= 4 is 150 Å². The van der Waals surface area contributed by atoms with Crippen molar-refractivity contribution in [3.63, 3.8) is 0 Å². The van der Waals surface area contributed by atoms with Crippen LogP contribution >= 0.6 is 0 Å². The Morgan fingerprint density at radius 3 is 0.936 bits per heavy atom. The summed E-state index contributed by atoms with van der Waals surface area (Å²) in [7, 11) is 1.25. The Kier molecular flexibility index (Phi) is 11.0. The highest BCUT2D eigenvalue weighted by Gasteiger charge is 2.55. The summed E-state index contributed by atoms with van der Waals surface area (Å²) in [4.78, 5) is 15.1. The molecule has 9 heteroatoms. The van der Waals surface area contributed by atoms with Crippen LogP contribution in [0.15, 0.2) is 322 Å². The first-order valence-electron chi connectivity index (χ1n) is 33.4. The summed E-state index contributed by atoms with van der Waals surface area (Å²) < 4.78 is 5.75. The fourth-order valence-electron chi connectivity index (χ4n) is 17.3. The Bertz CT molecular complexity index is 5170. The van der Waals surface area contributed by atoms with Crippen LogP contribution in [0.5, 0.6) is 0 Å². The summed E-state index contributed by atoms with van der Waals surface area (Å²) in [5.41, 5.74) is 39.4. The third-order valence-electron chi connectivity index (χ3n) is 20.9. The third-order valence-corrected chi connectivity index (χ3v) is 20.9. The molecule has 0 fully saturated rings. The van der Waals surface area contributed by atoms with E-state index in [1.807, 2.05) is 0 Å². The molecular weight excluding hydrogens is 1140 g/mol. The SMILES string of the molecule is [3H]C.c1ccc(N2c3cccc(c3)N(c3ccccc3)c3ccc4c(c3)N3B(c5ccccc5-c5ccc2cc53)c2ccccc2-4)cc1.c1ccc(N2c3cccc4c3B3c5c2ccc2c5N5B(c6ccccc6-2)c2ccccc2-c2ccc(c3c25)N4c2ccccc2)cc1. The van der Waals surface area contributed by atoms with E-state index in [1.54, 1.807) is 0 Å². The van der Waals surface area contributed by atoms with Crippen LogP contribution in [-0.2, 0) is 0 Å². The van der Waals surface area contributed by atoms with E-state index in [2.05, 4.69) is 351 Å². The molecule has 0 unspecified atom stereocenters. The Morgan fingerprint density at radius 1 is 0.213 bits per heavy atom. The lowest BCUT2D eigenvalue weighted by Crippen LogP contribution is -2.71. The predicted molar refractivity (Wildman–Crippen MR) is 399 cm³/mol. The average molecular weight is 1200 g/mol. The molecule has 8 heterocycles. The molecule has 0 spiro atoms. The van der Waals surface area contributed by atoms with E-state index in [0.29, 0.717) is 0 Å². The highest BCUT2D eigenvalue weighted by Crippen LogP contribution is 2.56. The summed E-state index contributed by atoms with van der Waals surface area (Å²) in [6.45, 7) is 0.257. The maximum atomic E-state index is 5.75. The molecule has 22 rings (SSSR count). The fourth-order valence-corrected chi connectivity index (χ4v) is 17.3. The minimum absolute atomic E-state index is 0.0500. The first kappa shape index (κ1) is 51.8. The zero-order valence-corrected chi connectivity index (χ0v) is 51.5. The summed E-state index contributed by atoms with van der Waals surface area (Å²) in [5.74, 6) is 0. The van der Waals surface area contributed by atoms with Gasteiger partial charge in [-0.05, 0) is 176 Å². The Balaban J connectivity index is 0.000000127. The quantitative estimate of drug-likeness (QED) is 0.162. The number of para-hydroxylation sites is 4. The first-order valence-corrected chi connectivity index (χ1v) is 32.4. The van der Waals surface area contributed by atoms with Gasteiger partial charge in [-0.15, -0.1) is 0 Å². The molecule has 0 amide bonds. The van der Waals surface area contributed by atoms with Gasteiger partial charge in [-0.3, -0.25) is 0 Å². The second kappa shape index (κ2) is 20.0. The average Bonchev–Trinajstić information content (AvgIpc) is 0.660. The third kappa shape index (κ3) is 7.18. The standard InChI is InChI=1S/C42H25B2N3.C42H28BN3.CH4/c1-3-12-26(13-4-1)45-34-20-11-21-35-38(34)43-39-36(45)24-22-30-28-16-7-9-18-32(28)44-33-19-10-8-17-29(33)31-23-25-37(40(43)42(31)47(44)41(30)39)46(35)27-14-5-2-6-15-27;1-3-12-29(13-4-1)44-31-16-11-17-32(26-31)45(30-14-5-2-6-15-30)34-23-25-38-36-19-8-10-21-40(36)43-39-20-9-7-18-35(39)37-24-22-33(44)27-41(37)46(43)42(38)28-34;/h1-25H;1-28H;1H4/i;;1T. The number of rotatable bonds is 4. The van der Waals surface area contributed by atoms with Gasteiger partial charge in [0.2, 0.25) is 0 Å². The molecule has 0 saturated heterocycles. The van der Waals surface area contributed by atoms with Gasteiger partial charge in [0.15, 0.2) is 0 Å². The van der Waals surface area contributed by atoms with Crippen molar-refractivity contribution in [2.45, 2.75) is 7.40 Å². The molecule has 14 aromatic carbocycles. The van der Waals surface area contributed by atoms with Crippen molar-refractivity contribution < 1.29 is 1.37 Å². The van der Waals surface area contributed by atoms with Crippen LogP contribution in [0.4, 0.5) is 91.0 Å². The van der Waals surface area contributed by atoms with Crippen LogP contribution in [0.25, 0.3) is 44.5 Å². The van der Waals surface area contributed by atoms with Crippen molar-refractivity contribution in [3.05, 3.63) is 322 Å². The molecule has 14 aromatic rings. The zero-order valence-electron chi connectivity index (χ0n) is 52.5. The number of hydrogen-bond donors (Lipinski definition) is 0. The van der Waals surface area contributed by atoms with Gasteiger partial charge in [-0.1, -0.05) is 214 Å². The van der Waals surface area contributed by atoms with Crippen LogP contribution in [0.2, 0.25) is 0 Å². The maximum absolute atomic E-state index is 5.75. The van der Waals surface area contributed by atoms with Gasteiger partial charge in [0.05, 0.1) is 0 Å². The molecule has 8 aliphatic rings. The van der Waals surface area contributed by atoms with E-state index in [9.17, 15) is 0 Å². The summed E-state index contributed by atoms with van der Waals surface area (Å²) in [6, 6.07) is 119. The number of fused-ring (bicyclic) bond motifs is 16. The van der Waals surface area contributed by atoms with E-state index in [1.165, 1.54) is 147 Å².